The zero-order chi connectivity index (χ0) is 15.0. The lowest BCUT2D eigenvalue weighted by molar-refractivity contribution is -0.117. The molecule has 108 valence electrons. The van der Waals surface area contributed by atoms with Gasteiger partial charge in [-0.3, -0.25) is 4.79 Å². The van der Waals surface area contributed by atoms with Crippen molar-refractivity contribution in [1.29, 1.82) is 0 Å². The van der Waals surface area contributed by atoms with Gasteiger partial charge in [0.25, 0.3) is 0 Å². The third-order valence-corrected chi connectivity index (χ3v) is 4.03. The highest BCUT2D eigenvalue weighted by atomic mass is 79.9. The van der Waals surface area contributed by atoms with Gasteiger partial charge in [-0.1, -0.05) is 22.0 Å². The van der Waals surface area contributed by atoms with Crippen LogP contribution in [-0.4, -0.2) is 13.0 Å². The van der Waals surface area contributed by atoms with Gasteiger partial charge in [-0.2, -0.15) is 0 Å². The van der Waals surface area contributed by atoms with Gasteiger partial charge in [-0.15, -0.1) is 0 Å². The number of carbonyl (C=O) groups is 1. The number of hydrogen-bond donors (Lipinski definition) is 0. The van der Waals surface area contributed by atoms with Crippen LogP contribution < -0.4 is 9.64 Å². The van der Waals surface area contributed by atoms with Crippen LogP contribution in [0.4, 0.5) is 10.1 Å². The summed E-state index contributed by atoms with van der Waals surface area (Å²) in [6.07, 6.45) is 0.382. The van der Waals surface area contributed by atoms with Crippen molar-refractivity contribution in [2.45, 2.75) is 13.0 Å². The lowest BCUT2D eigenvalue weighted by Gasteiger charge is -2.18. The number of anilines is 1. The van der Waals surface area contributed by atoms with E-state index in [-0.39, 0.29) is 11.7 Å². The van der Waals surface area contributed by atoms with Gasteiger partial charge in [0.2, 0.25) is 5.91 Å². The molecule has 0 atom stereocenters. The minimum absolute atomic E-state index is 0.0272. The van der Waals surface area contributed by atoms with Gasteiger partial charge in [-0.05, 0) is 41.5 Å². The molecule has 0 aliphatic carbocycles. The molecule has 3 nitrogen and oxygen atoms in total. The van der Waals surface area contributed by atoms with E-state index in [0.717, 1.165) is 21.3 Å². The number of fused-ring (bicyclic) bond motifs is 1. The Morgan fingerprint density at radius 2 is 2.10 bits per heavy atom. The molecule has 1 amide bonds. The Balaban J connectivity index is 1.89. The summed E-state index contributed by atoms with van der Waals surface area (Å²) in [4.78, 5) is 13.8. The highest BCUT2D eigenvalue weighted by Gasteiger charge is 2.27. The largest absolute Gasteiger partial charge is 0.494 e. The number of rotatable bonds is 3. The maximum atomic E-state index is 13.7. The lowest BCUT2D eigenvalue weighted by Crippen LogP contribution is -2.26. The van der Waals surface area contributed by atoms with Crippen molar-refractivity contribution in [3.63, 3.8) is 0 Å². The number of hydrogen-bond acceptors (Lipinski definition) is 2. The molecule has 0 bridgehead atoms. The summed E-state index contributed by atoms with van der Waals surface area (Å²) in [6, 6.07) is 10.5. The first kappa shape index (κ1) is 14.1. The minimum Gasteiger partial charge on any atom is -0.494 e. The molecular weight excluding hydrogens is 337 g/mol. The first-order valence-electron chi connectivity index (χ1n) is 6.49. The fourth-order valence-electron chi connectivity index (χ4n) is 2.52. The number of ether oxygens (including phenoxy) is 1. The number of benzene rings is 2. The summed E-state index contributed by atoms with van der Waals surface area (Å²) in [5, 5.41) is 0. The lowest BCUT2D eigenvalue weighted by atomic mass is 10.1. The average molecular weight is 350 g/mol. The molecule has 2 aromatic carbocycles. The van der Waals surface area contributed by atoms with E-state index in [1.807, 2.05) is 18.2 Å². The van der Waals surface area contributed by atoms with Crippen molar-refractivity contribution in [2.24, 2.45) is 0 Å². The Labute approximate surface area is 130 Å². The molecule has 0 aromatic heterocycles. The van der Waals surface area contributed by atoms with E-state index in [2.05, 4.69) is 15.9 Å². The van der Waals surface area contributed by atoms with Crippen LogP contribution in [-0.2, 0) is 17.8 Å². The van der Waals surface area contributed by atoms with Crippen molar-refractivity contribution in [1.82, 2.24) is 0 Å². The molecule has 0 unspecified atom stereocenters. The third-order valence-electron chi connectivity index (χ3n) is 3.53. The zero-order valence-corrected chi connectivity index (χ0v) is 13.0. The smallest absolute Gasteiger partial charge is 0.231 e. The Morgan fingerprint density at radius 1 is 1.29 bits per heavy atom. The molecular formula is C16H13BrFNO2. The Kier molecular flexibility index (Phi) is 3.68. The van der Waals surface area contributed by atoms with Crippen molar-refractivity contribution in [3.05, 3.63) is 57.8 Å². The van der Waals surface area contributed by atoms with Crippen LogP contribution in [0.25, 0.3) is 0 Å². The second-order valence-electron chi connectivity index (χ2n) is 4.90. The van der Waals surface area contributed by atoms with Crippen molar-refractivity contribution >= 4 is 27.5 Å². The van der Waals surface area contributed by atoms with Crippen molar-refractivity contribution in [3.8, 4) is 5.75 Å². The van der Waals surface area contributed by atoms with Gasteiger partial charge in [0.05, 0.1) is 20.1 Å². The monoisotopic (exact) mass is 349 g/mol. The summed E-state index contributed by atoms with van der Waals surface area (Å²) < 4.78 is 19.6. The van der Waals surface area contributed by atoms with Gasteiger partial charge in [0.15, 0.2) is 11.6 Å². The van der Waals surface area contributed by atoms with E-state index in [0.29, 0.717) is 13.0 Å². The highest BCUT2D eigenvalue weighted by molar-refractivity contribution is 9.10. The number of methoxy groups -OCH3 is 1. The molecule has 0 saturated carbocycles. The van der Waals surface area contributed by atoms with Crippen molar-refractivity contribution in [2.75, 3.05) is 12.0 Å². The molecule has 1 aliphatic heterocycles. The van der Waals surface area contributed by atoms with Crippen LogP contribution in [0.3, 0.4) is 0 Å². The van der Waals surface area contributed by atoms with E-state index < -0.39 is 5.82 Å². The summed E-state index contributed by atoms with van der Waals surface area (Å²) in [5.74, 6) is -0.187. The molecule has 5 heteroatoms. The third kappa shape index (κ3) is 2.65. The van der Waals surface area contributed by atoms with Crippen molar-refractivity contribution < 1.29 is 13.9 Å². The van der Waals surface area contributed by atoms with Crippen LogP contribution in [0.2, 0.25) is 0 Å². The Hall–Kier alpha value is -1.88. The standard InChI is InChI=1S/C16H13BrFNO2/c1-21-15-5-2-10(6-13(15)18)9-19-14-4-3-12(17)7-11(14)8-16(19)20/h2-7H,8-9H2,1H3. The van der Waals surface area contributed by atoms with E-state index in [4.69, 9.17) is 4.74 Å². The molecule has 0 fully saturated rings. The van der Waals surface area contributed by atoms with E-state index in [9.17, 15) is 9.18 Å². The average Bonchev–Trinajstić information content (AvgIpc) is 2.74. The van der Waals surface area contributed by atoms with Gasteiger partial charge in [-0.25, -0.2) is 4.39 Å². The summed E-state index contributed by atoms with van der Waals surface area (Å²) in [6.45, 7) is 0.356. The molecule has 3 rings (SSSR count). The molecule has 0 spiro atoms. The molecule has 2 aromatic rings. The van der Waals surface area contributed by atoms with E-state index in [1.54, 1.807) is 17.0 Å². The molecule has 1 aliphatic rings. The molecule has 0 radical (unpaired) electrons. The number of nitrogens with zero attached hydrogens (tertiary/aromatic N) is 1. The topological polar surface area (TPSA) is 29.5 Å². The minimum atomic E-state index is -0.419. The van der Waals surface area contributed by atoms with Crippen LogP contribution in [0.5, 0.6) is 5.75 Å². The van der Waals surface area contributed by atoms with Crippen LogP contribution >= 0.6 is 15.9 Å². The van der Waals surface area contributed by atoms with Crippen LogP contribution in [0.15, 0.2) is 40.9 Å². The fourth-order valence-corrected chi connectivity index (χ4v) is 2.92. The first-order valence-corrected chi connectivity index (χ1v) is 7.29. The Morgan fingerprint density at radius 3 is 2.81 bits per heavy atom. The Bertz CT molecular complexity index is 717. The second kappa shape index (κ2) is 5.48. The maximum absolute atomic E-state index is 13.7. The quantitative estimate of drug-likeness (QED) is 0.845. The second-order valence-corrected chi connectivity index (χ2v) is 5.81. The fraction of sp³-hybridized carbons (Fsp3) is 0.188. The zero-order valence-electron chi connectivity index (χ0n) is 11.4. The van der Waals surface area contributed by atoms with Crippen LogP contribution in [0, 0.1) is 5.82 Å². The predicted molar refractivity (Wildman–Crippen MR) is 82.0 cm³/mol. The number of halogens is 2. The predicted octanol–water partition coefficient (Wildman–Crippen LogP) is 3.69. The summed E-state index contributed by atoms with van der Waals surface area (Å²) in [7, 11) is 1.43. The first-order chi connectivity index (χ1) is 10.1. The van der Waals surface area contributed by atoms with Gasteiger partial charge >= 0.3 is 0 Å². The van der Waals surface area contributed by atoms with Gasteiger partial charge < -0.3 is 9.64 Å². The summed E-state index contributed by atoms with van der Waals surface area (Å²) in [5.41, 5.74) is 2.61. The molecule has 0 saturated heterocycles. The van der Waals surface area contributed by atoms with Gasteiger partial charge in [0.1, 0.15) is 0 Å². The SMILES string of the molecule is COc1ccc(CN2C(=O)Cc3cc(Br)ccc32)cc1F. The molecule has 21 heavy (non-hydrogen) atoms. The summed E-state index contributed by atoms with van der Waals surface area (Å²) >= 11 is 3.40. The highest BCUT2D eigenvalue weighted by Crippen LogP contribution is 2.32. The molecule has 1 heterocycles. The van der Waals surface area contributed by atoms with Crippen LogP contribution in [0.1, 0.15) is 11.1 Å². The normalized spacial score (nSPS) is 13.5. The van der Waals surface area contributed by atoms with E-state index >= 15 is 0 Å². The molecule has 0 N–H and O–H groups in total. The van der Waals surface area contributed by atoms with Gasteiger partial charge in [0, 0.05) is 10.2 Å². The number of carbonyl (C=O) groups excluding carboxylic acids is 1. The maximum Gasteiger partial charge on any atom is 0.231 e. The number of amides is 1. The van der Waals surface area contributed by atoms with E-state index in [1.165, 1.54) is 13.2 Å².